The van der Waals surface area contributed by atoms with E-state index in [2.05, 4.69) is 4.90 Å². The van der Waals surface area contributed by atoms with Crippen LogP contribution in [-0.2, 0) is 4.74 Å². The number of ether oxygens (including phenoxy) is 1. The van der Waals surface area contributed by atoms with Crippen LogP contribution >= 0.6 is 0 Å². The summed E-state index contributed by atoms with van der Waals surface area (Å²) in [6.07, 6.45) is 0.0711. The lowest BCUT2D eigenvalue weighted by atomic mass is 10.1. The number of carbonyl (C=O) groups excluding carboxylic acids is 1. The Morgan fingerprint density at radius 3 is 2.90 bits per heavy atom. The second-order valence-corrected chi connectivity index (χ2v) is 5.39. The quantitative estimate of drug-likeness (QED) is 0.787. The van der Waals surface area contributed by atoms with Crippen LogP contribution in [-0.4, -0.2) is 57.1 Å². The molecule has 0 aliphatic carbocycles. The van der Waals surface area contributed by atoms with Gasteiger partial charge in [-0.2, -0.15) is 0 Å². The highest BCUT2D eigenvalue weighted by atomic mass is 19.1. The predicted molar refractivity (Wildman–Crippen MR) is 76.9 cm³/mol. The van der Waals surface area contributed by atoms with Gasteiger partial charge in [0.05, 0.1) is 24.0 Å². The van der Waals surface area contributed by atoms with Crippen LogP contribution < -0.4 is 4.90 Å². The van der Waals surface area contributed by atoms with Gasteiger partial charge in [-0.05, 0) is 33.2 Å². The Morgan fingerprint density at radius 1 is 1.50 bits per heavy atom. The topological polar surface area (TPSA) is 32.8 Å². The van der Waals surface area contributed by atoms with Crippen LogP contribution in [0.3, 0.4) is 0 Å². The number of hydrogen-bond acceptors (Lipinski definition) is 4. The molecule has 1 aromatic rings. The molecule has 0 N–H and O–H groups in total. The number of nitrogens with zero attached hydrogens (tertiary/aromatic N) is 2. The first kappa shape index (κ1) is 14.9. The molecule has 0 bridgehead atoms. The Bertz CT molecular complexity index is 491. The second-order valence-electron chi connectivity index (χ2n) is 5.39. The number of ketones is 1. The maximum Gasteiger partial charge on any atom is 0.164 e. The Balaban J connectivity index is 2.23. The van der Waals surface area contributed by atoms with Crippen molar-refractivity contribution < 1.29 is 13.9 Å². The smallest absolute Gasteiger partial charge is 0.164 e. The molecule has 5 heteroatoms. The summed E-state index contributed by atoms with van der Waals surface area (Å²) < 4.78 is 19.6. The van der Waals surface area contributed by atoms with Crippen molar-refractivity contribution in [2.45, 2.75) is 13.0 Å². The molecule has 1 unspecified atom stereocenters. The third-order valence-electron chi connectivity index (χ3n) is 3.39. The number of hydrogen-bond donors (Lipinski definition) is 0. The summed E-state index contributed by atoms with van der Waals surface area (Å²) in [6, 6.07) is 4.78. The van der Waals surface area contributed by atoms with Crippen molar-refractivity contribution in [3.05, 3.63) is 29.6 Å². The molecule has 0 radical (unpaired) electrons. The zero-order valence-electron chi connectivity index (χ0n) is 12.2. The van der Waals surface area contributed by atoms with E-state index < -0.39 is 5.82 Å². The van der Waals surface area contributed by atoms with E-state index in [0.29, 0.717) is 25.4 Å². The van der Waals surface area contributed by atoms with E-state index in [1.54, 1.807) is 12.1 Å². The molecule has 4 nitrogen and oxygen atoms in total. The van der Waals surface area contributed by atoms with Crippen LogP contribution in [0.1, 0.15) is 17.3 Å². The van der Waals surface area contributed by atoms with Crippen LogP contribution in [0.5, 0.6) is 0 Å². The van der Waals surface area contributed by atoms with Gasteiger partial charge in [0.15, 0.2) is 5.78 Å². The number of anilines is 1. The van der Waals surface area contributed by atoms with Crippen molar-refractivity contribution >= 4 is 11.5 Å². The number of rotatable bonds is 4. The Hall–Kier alpha value is -1.46. The fourth-order valence-corrected chi connectivity index (χ4v) is 2.58. The van der Waals surface area contributed by atoms with E-state index in [9.17, 15) is 9.18 Å². The first-order chi connectivity index (χ1) is 9.49. The molecule has 110 valence electrons. The highest BCUT2D eigenvalue weighted by Crippen LogP contribution is 2.25. The zero-order valence-corrected chi connectivity index (χ0v) is 12.2. The van der Waals surface area contributed by atoms with Gasteiger partial charge in [0.2, 0.25) is 0 Å². The largest absolute Gasteiger partial charge is 0.373 e. The van der Waals surface area contributed by atoms with Gasteiger partial charge in [-0.1, -0.05) is 6.07 Å². The Kier molecular flexibility index (Phi) is 4.73. The molecule has 0 saturated carbocycles. The van der Waals surface area contributed by atoms with Gasteiger partial charge in [-0.3, -0.25) is 4.79 Å². The molecule has 1 aliphatic heterocycles. The SMILES string of the molecule is CC(=O)c1c(F)cccc1N1CCOC(CN(C)C)C1. The molecule has 1 heterocycles. The van der Waals surface area contributed by atoms with Crippen LogP contribution in [0.15, 0.2) is 18.2 Å². The van der Waals surface area contributed by atoms with Gasteiger partial charge in [-0.25, -0.2) is 4.39 Å². The molecular weight excluding hydrogens is 259 g/mol. The van der Waals surface area contributed by atoms with Crippen molar-refractivity contribution in [1.29, 1.82) is 0 Å². The summed E-state index contributed by atoms with van der Waals surface area (Å²) in [7, 11) is 3.98. The maximum absolute atomic E-state index is 13.9. The summed E-state index contributed by atoms with van der Waals surface area (Å²) in [4.78, 5) is 15.8. The summed E-state index contributed by atoms with van der Waals surface area (Å²) in [5.74, 6) is -0.695. The van der Waals surface area contributed by atoms with Crippen molar-refractivity contribution in [2.75, 3.05) is 45.2 Å². The molecule has 1 atom stereocenters. The van der Waals surface area contributed by atoms with Crippen molar-refractivity contribution in [3.8, 4) is 0 Å². The normalized spacial score (nSPS) is 19.4. The number of carbonyl (C=O) groups is 1. The lowest BCUT2D eigenvalue weighted by Crippen LogP contribution is -2.47. The van der Waals surface area contributed by atoms with Crippen molar-refractivity contribution in [2.24, 2.45) is 0 Å². The minimum Gasteiger partial charge on any atom is -0.373 e. The molecular formula is C15H21FN2O2. The summed E-state index contributed by atoms with van der Waals surface area (Å²) >= 11 is 0. The van der Waals surface area contributed by atoms with Gasteiger partial charge < -0.3 is 14.5 Å². The lowest BCUT2D eigenvalue weighted by molar-refractivity contribution is 0.0247. The van der Waals surface area contributed by atoms with E-state index >= 15 is 0 Å². The summed E-state index contributed by atoms with van der Waals surface area (Å²) in [5.41, 5.74) is 0.850. The Morgan fingerprint density at radius 2 is 2.25 bits per heavy atom. The molecule has 20 heavy (non-hydrogen) atoms. The third-order valence-corrected chi connectivity index (χ3v) is 3.39. The number of halogens is 1. The van der Waals surface area contributed by atoms with Gasteiger partial charge in [0.25, 0.3) is 0 Å². The van der Waals surface area contributed by atoms with E-state index in [1.165, 1.54) is 13.0 Å². The average molecular weight is 280 g/mol. The zero-order chi connectivity index (χ0) is 14.7. The van der Waals surface area contributed by atoms with Gasteiger partial charge in [0.1, 0.15) is 5.82 Å². The van der Waals surface area contributed by atoms with E-state index in [0.717, 1.165) is 6.54 Å². The molecule has 1 aliphatic rings. The number of morpholine rings is 1. The highest BCUT2D eigenvalue weighted by Gasteiger charge is 2.25. The number of Topliss-reactive ketones (excluding diaryl/α,β-unsaturated/α-hetero) is 1. The molecule has 0 amide bonds. The minimum absolute atomic E-state index is 0.0711. The molecule has 1 aromatic carbocycles. The first-order valence-electron chi connectivity index (χ1n) is 6.79. The first-order valence-corrected chi connectivity index (χ1v) is 6.79. The minimum atomic E-state index is -0.453. The van der Waals surface area contributed by atoms with Crippen molar-refractivity contribution in [3.63, 3.8) is 0 Å². The van der Waals surface area contributed by atoms with Gasteiger partial charge >= 0.3 is 0 Å². The van der Waals surface area contributed by atoms with E-state index in [-0.39, 0.29) is 17.5 Å². The third kappa shape index (κ3) is 3.35. The maximum atomic E-state index is 13.9. The van der Waals surface area contributed by atoms with Crippen LogP contribution in [0.4, 0.5) is 10.1 Å². The monoisotopic (exact) mass is 280 g/mol. The fourth-order valence-electron chi connectivity index (χ4n) is 2.58. The Labute approximate surface area is 119 Å². The molecule has 0 spiro atoms. The number of likely N-dealkylation sites (N-methyl/N-ethyl adjacent to an activating group) is 1. The molecule has 2 rings (SSSR count). The second kappa shape index (κ2) is 6.33. The fraction of sp³-hybridized carbons (Fsp3) is 0.533. The van der Waals surface area contributed by atoms with Crippen LogP contribution in [0, 0.1) is 5.82 Å². The molecule has 1 saturated heterocycles. The average Bonchev–Trinajstić information content (AvgIpc) is 2.37. The standard InChI is InChI=1S/C15H21FN2O2/c1-11(19)15-13(16)5-4-6-14(15)18-7-8-20-12(10-18)9-17(2)3/h4-6,12H,7-10H2,1-3H3. The predicted octanol–water partition coefficient (Wildman–Crippen LogP) is 1.80. The van der Waals surface area contributed by atoms with Gasteiger partial charge in [0, 0.05) is 19.6 Å². The summed E-state index contributed by atoms with van der Waals surface area (Å²) in [6.45, 7) is 4.14. The highest BCUT2D eigenvalue weighted by molar-refractivity contribution is 6.00. The van der Waals surface area contributed by atoms with Crippen LogP contribution in [0.25, 0.3) is 0 Å². The lowest BCUT2D eigenvalue weighted by Gasteiger charge is -2.36. The molecule has 0 aromatic heterocycles. The van der Waals surface area contributed by atoms with Gasteiger partial charge in [-0.15, -0.1) is 0 Å². The van der Waals surface area contributed by atoms with E-state index in [4.69, 9.17) is 4.74 Å². The van der Waals surface area contributed by atoms with Crippen molar-refractivity contribution in [1.82, 2.24) is 4.90 Å². The van der Waals surface area contributed by atoms with E-state index in [1.807, 2.05) is 19.0 Å². The molecule has 1 fully saturated rings. The summed E-state index contributed by atoms with van der Waals surface area (Å²) in [5, 5.41) is 0. The number of benzene rings is 1. The van der Waals surface area contributed by atoms with Crippen LogP contribution in [0.2, 0.25) is 0 Å².